The number of hydrogen-bond donors (Lipinski definition) is 2. The molecule has 3 rings (SSSR count). The van der Waals surface area contributed by atoms with Crippen LogP contribution in [0.2, 0.25) is 0 Å². The first kappa shape index (κ1) is 11.7. The van der Waals surface area contributed by atoms with Crippen molar-refractivity contribution in [3.63, 3.8) is 0 Å². The highest BCUT2D eigenvalue weighted by Gasteiger charge is 2.24. The molecule has 1 amide bonds. The van der Waals surface area contributed by atoms with E-state index >= 15 is 0 Å². The van der Waals surface area contributed by atoms with Gasteiger partial charge in [0.05, 0.1) is 12.6 Å². The lowest BCUT2D eigenvalue weighted by molar-refractivity contribution is -0.121. The highest BCUT2D eigenvalue weighted by Crippen LogP contribution is 2.29. The van der Waals surface area contributed by atoms with E-state index in [1.54, 1.807) is 0 Å². The molecule has 0 aliphatic heterocycles. The molecule has 1 unspecified atom stereocenters. The van der Waals surface area contributed by atoms with Crippen molar-refractivity contribution >= 4 is 5.91 Å². The van der Waals surface area contributed by atoms with Crippen LogP contribution in [-0.4, -0.2) is 18.5 Å². The van der Waals surface area contributed by atoms with Gasteiger partial charge in [0.2, 0.25) is 5.91 Å². The van der Waals surface area contributed by atoms with Crippen LogP contribution in [0.3, 0.4) is 0 Å². The molecule has 0 spiro atoms. The molecule has 3 nitrogen and oxygen atoms in total. The largest absolute Gasteiger partial charge is 0.348 e. The van der Waals surface area contributed by atoms with Crippen molar-refractivity contribution in [1.29, 1.82) is 0 Å². The van der Waals surface area contributed by atoms with Crippen LogP contribution < -0.4 is 10.6 Å². The lowest BCUT2D eigenvalue weighted by Crippen LogP contribution is -2.38. The number of amides is 1. The molecular formula is C15H20N2O. The van der Waals surface area contributed by atoms with E-state index in [4.69, 9.17) is 0 Å². The van der Waals surface area contributed by atoms with Crippen molar-refractivity contribution in [2.45, 2.75) is 44.2 Å². The molecule has 0 radical (unpaired) electrons. The van der Waals surface area contributed by atoms with Gasteiger partial charge in [-0.15, -0.1) is 0 Å². The van der Waals surface area contributed by atoms with Gasteiger partial charge in [0.25, 0.3) is 0 Å². The molecule has 1 atom stereocenters. The van der Waals surface area contributed by atoms with Gasteiger partial charge in [0.15, 0.2) is 0 Å². The van der Waals surface area contributed by atoms with E-state index in [1.807, 2.05) is 0 Å². The monoisotopic (exact) mass is 244 g/mol. The zero-order valence-electron chi connectivity index (χ0n) is 10.6. The SMILES string of the molecule is O=C(CNC1CC1)NC1CCCc2ccccc21. The molecule has 0 saturated heterocycles. The van der Waals surface area contributed by atoms with Crippen molar-refractivity contribution in [2.75, 3.05) is 6.54 Å². The van der Waals surface area contributed by atoms with E-state index in [0.717, 1.165) is 19.3 Å². The van der Waals surface area contributed by atoms with Crippen molar-refractivity contribution < 1.29 is 4.79 Å². The fourth-order valence-corrected chi connectivity index (χ4v) is 2.67. The molecule has 1 aromatic carbocycles. The Labute approximate surface area is 108 Å². The third kappa shape index (κ3) is 2.72. The van der Waals surface area contributed by atoms with Gasteiger partial charge in [-0.25, -0.2) is 0 Å². The lowest BCUT2D eigenvalue weighted by atomic mass is 9.88. The minimum Gasteiger partial charge on any atom is -0.348 e. The summed E-state index contributed by atoms with van der Waals surface area (Å²) >= 11 is 0. The first-order valence-corrected chi connectivity index (χ1v) is 6.93. The fourth-order valence-electron chi connectivity index (χ4n) is 2.67. The van der Waals surface area contributed by atoms with Crippen molar-refractivity contribution in [2.24, 2.45) is 0 Å². The van der Waals surface area contributed by atoms with E-state index in [2.05, 4.69) is 34.9 Å². The summed E-state index contributed by atoms with van der Waals surface area (Å²) in [7, 11) is 0. The molecule has 3 heteroatoms. The number of carbonyl (C=O) groups excluding carboxylic acids is 1. The van der Waals surface area contributed by atoms with Gasteiger partial charge >= 0.3 is 0 Å². The predicted molar refractivity (Wildman–Crippen MR) is 71.3 cm³/mol. The maximum absolute atomic E-state index is 11.9. The van der Waals surface area contributed by atoms with Crippen LogP contribution in [-0.2, 0) is 11.2 Å². The van der Waals surface area contributed by atoms with Gasteiger partial charge in [0.1, 0.15) is 0 Å². The lowest BCUT2D eigenvalue weighted by Gasteiger charge is -2.26. The molecule has 2 aliphatic rings. The van der Waals surface area contributed by atoms with Gasteiger partial charge in [-0.2, -0.15) is 0 Å². The van der Waals surface area contributed by atoms with E-state index < -0.39 is 0 Å². The maximum Gasteiger partial charge on any atom is 0.234 e. The van der Waals surface area contributed by atoms with Crippen LogP contribution in [0, 0.1) is 0 Å². The fraction of sp³-hybridized carbons (Fsp3) is 0.533. The first-order chi connectivity index (χ1) is 8.83. The van der Waals surface area contributed by atoms with Crippen LogP contribution in [0.25, 0.3) is 0 Å². The van der Waals surface area contributed by atoms with Crippen LogP contribution in [0.1, 0.15) is 42.9 Å². The van der Waals surface area contributed by atoms with Crippen LogP contribution in [0.4, 0.5) is 0 Å². The number of hydrogen-bond acceptors (Lipinski definition) is 2. The summed E-state index contributed by atoms with van der Waals surface area (Å²) in [6.45, 7) is 0.462. The molecule has 2 aliphatic carbocycles. The summed E-state index contributed by atoms with van der Waals surface area (Å²) in [4.78, 5) is 11.9. The minimum atomic E-state index is 0.128. The number of fused-ring (bicyclic) bond motifs is 1. The molecular weight excluding hydrogens is 224 g/mol. The Balaban J connectivity index is 1.60. The summed E-state index contributed by atoms with van der Waals surface area (Å²) in [6.07, 6.45) is 5.81. The Morgan fingerprint density at radius 2 is 2.06 bits per heavy atom. The van der Waals surface area contributed by atoms with Crippen LogP contribution in [0.15, 0.2) is 24.3 Å². The smallest absolute Gasteiger partial charge is 0.234 e. The maximum atomic E-state index is 11.9. The highest BCUT2D eigenvalue weighted by molar-refractivity contribution is 5.78. The molecule has 1 fully saturated rings. The number of benzene rings is 1. The van der Waals surface area contributed by atoms with Crippen LogP contribution >= 0.6 is 0 Å². The first-order valence-electron chi connectivity index (χ1n) is 6.93. The molecule has 96 valence electrons. The summed E-state index contributed by atoms with van der Waals surface area (Å²) in [5.74, 6) is 0.128. The second-order valence-corrected chi connectivity index (χ2v) is 5.37. The van der Waals surface area contributed by atoms with Crippen molar-refractivity contribution in [3.05, 3.63) is 35.4 Å². The molecule has 18 heavy (non-hydrogen) atoms. The standard InChI is InChI=1S/C15H20N2O/c18-15(10-16-12-8-9-12)17-14-7-3-5-11-4-1-2-6-13(11)14/h1-2,4,6,12,14,16H,3,5,7-10H2,(H,17,18). The van der Waals surface area contributed by atoms with Gasteiger partial charge in [0, 0.05) is 6.04 Å². The topological polar surface area (TPSA) is 41.1 Å². The second kappa shape index (κ2) is 5.11. The van der Waals surface area contributed by atoms with Gasteiger partial charge in [-0.3, -0.25) is 4.79 Å². The Morgan fingerprint density at radius 3 is 2.89 bits per heavy atom. The van der Waals surface area contributed by atoms with Crippen molar-refractivity contribution in [3.8, 4) is 0 Å². The summed E-state index contributed by atoms with van der Waals surface area (Å²) in [5, 5.41) is 6.41. The Morgan fingerprint density at radius 1 is 1.22 bits per heavy atom. The highest BCUT2D eigenvalue weighted by atomic mass is 16.2. The Kier molecular flexibility index (Phi) is 3.33. The number of nitrogens with one attached hydrogen (secondary N) is 2. The predicted octanol–water partition coefficient (Wildman–Crippen LogP) is 1.93. The summed E-state index contributed by atoms with van der Waals surface area (Å²) < 4.78 is 0. The minimum absolute atomic E-state index is 0.128. The second-order valence-electron chi connectivity index (χ2n) is 5.37. The van der Waals surface area contributed by atoms with E-state index in [1.165, 1.54) is 24.0 Å². The Hall–Kier alpha value is -1.35. The third-order valence-corrected chi connectivity index (χ3v) is 3.83. The molecule has 0 aromatic heterocycles. The average molecular weight is 244 g/mol. The third-order valence-electron chi connectivity index (χ3n) is 3.83. The molecule has 0 heterocycles. The summed E-state index contributed by atoms with van der Waals surface area (Å²) in [5.41, 5.74) is 2.70. The zero-order chi connectivity index (χ0) is 12.4. The van der Waals surface area contributed by atoms with E-state index in [9.17, 15) is 4.79 Å². The normalized spacial score (nSPS) is 22.3. The van der Waals surface area contributed by atoms with Crippen LogP contribution in [0.5, 0.6) is 0 Å². The summed E-state index contributed by atoms with van der Waals surface area (Å²) in [6, 6.07) is 9.27. The van der Waals surface area contributed by atoms with Crippen molar-refractivity contribution in [1.82, 2.24) is 10.6 Å². The molecule has 2 N–H and O–H groups in total. The van der Waals surface area contributed by atoms with Gasteiger partial charge in [-0.1, -0.05) is 24.3 Å². The molecule has 0 bridgehead atoms. The quantitative estimate of drug-likeness (QED) is 0.849. The average Bonchev–Trinajstić information content (AvgIpc) is 3.21. The number of carbonyl (C=O) groups is 1. The van der Waals surface area contributed by atoms with E-state index in [0.29, 0.717) is 12.6 Å². The molecule has 1 saturated carbocycles. The molecule has 1 aromatic rings. The number of rotatable bonds is 4. The van der Waals surface area contributed by atoms with Gasteiger partial charge < -0.3 is 10.6 Å². The zero-order valence-corrected chi connectivity index (χ0v) is 10.6. The number of aryl methyl sites for hydroxylation is 1. The Bertz CT molecular complexity index is 440. The van der Waals surface area contributed by atoms with E-state index in [-0.39, 0.29) is 11.9 Å². The van der Waals surface area contributed by atoms with Gasteiger partial charge in [-0.05, 0) is 43.2 Å².